The molecule has 14 heavy (non-hydrogen) atoms. The highest BCUT2D eigenvalue weighted by Crippen LogP contribution is 2.24. The molecule has 1 rings (SSSR count). The molecule has 1 amide bonds. The number of aliphatic hydroxyl groups excluding tert-OH is 1. The summed E-state index contributed by atoms with van der Waals surface area (Å²) < 4.78 is 0. The van der Waals surface area contributed by atoms with E-state index in [-0.39, 0.29) is 11.8 Å². The SMILES string of the molecule is O=C(N[C@@H](CO)C(=O)O)C1CCCC1. The van der Waals surface area contributed by atoms with Gasteiger partial charge in [0.1, 0.15) is 6.04 Å². The van der Waals surface area contributed by atoms with Crippen molar-refractivity contribution < 1.29 is 19.8 Å². The number of nitrogens with one attached hydrogen (secondary N) is 1. The summed E-state index contributed by atoms with van der Waals surface area (Å²) in [4.78, 5) is 21.9. The Morgan fingerprint density at radius 1 is 1.36 bits per heavy atom. The van der Waals surface area contributed by atoms with Gasteiger partial charge < -0.3 is 15.5 Å². The van der Waals surface area contributed by atoms with Gasteiger partial charge in [-0.25, -0.2) is 4.79 Å². The lowest BCUT2D eigenvalue weighted by Gasteiger charge is -2.14. The Balaban J connectivity index is 2.41. The molecule has 1 aliphatic rings. The van der Waals surface area contributed by atoms with Gasteiger partial charge in [0.15, 0.2) is 0 Å². The van der Waals surface area contributed by atoms with Crippen molar-refractivity contribution in [1.29, 1.82) is 0 Å². The van der Waals surface area contributed by atoms with Gasteiger partial charge in [-0.15, -0.1) is 0 Å². The maximum Gasteiger partial charge on any atom is 0.328 e. The van der Waals surface area contributed by atoms with Crippen LogP contribution in [0.3, 0.4) is 0 Å². The maximum absolute atomic E-state index is 11.4. The maximum atomic E-state index is 11.4. The van der Waals surface area contributed by atoms with Crippen LogP contribution in [-0.2, 0) is 9.59 Å². The molecule has 5 nitrogen and oxygen atoms in total. The normalized spacial score (nSPS) is 19.2. The van der Waals surface area contributed by atoms with Crippen LogP contribution in [0.5, 0.6) is 0 Å². The van der Waals surface area contributed by atoms with Crippen LogP contribution in [0.25, 0.3) is 0 Å². The minimum atomic E-state index is -1.20. The molecule has 1 aliphatic carbocycles. The fourth-order valence-corrected chi connectivity index (χ4v) is 1.66. The lowest BCUT2D eigenvalue weighted by Crippen LogP contribution is -2.45. The van der Waals surface area contributed by atoms with Crippen LogP contribution in [0.15, 0.2) is 0 Å². The van der Waals surface area contributed by atoms with Crippen molar-refractivity contribution in [1.82, 2.24) is 5.32 Å². The smallest absolute Gasteiger partial charge is 0.328 e. The van der Waals surface area contributed by atoms with Gasteiger partial charge in [-0.2, -0.15) is 0 Å². The molecule has 5 heteroatoms. The van der Waals surface area contributed by atoms with Crippen LogP contribution in [0, 0.1) is 5.92 Å². The first-order valence-corrected chi connectivity index (χ1v) is 4.79. The fourth-order valence-electron chi connectivity index (χ4n) is 1.66. The zero-order chi connectivity index (χ0) is 10.6. The third-order valence-electron chi connectivity index (χ3n) is 2.52. The molecule has 1 fully saturated rings. The van der Waals surface area contributed by atoms with Crippen LogP contribution in [0.1, 0.15) is 25.7 Å². The van der Waals surface area contributed by atoms with E-state index in [0.29, 0.717) is 0 Å². The lowest BCUT2D eigenvalue weighted by molar-refractivity contribution is -0.143. The fraction of sp³-hybridized carbons (Fsp3) is 0.778. The van der Waals surface area contributed by atoms with Gasteiger partial charge in [0.25, 0.3) is 0 Å². The van der Waals surface area contributed by atoms with Gasteiger partial charge >= 0.3 is 5.97 Å². The molecular formula is C9H15NO4. The van der Waals surface area contributed by atoms with Crippen LogP contribution in [0.4, 0.5) is 0 Å². The Hall–Kier alpha value is -1.10. The van der Waals surface area contributed by atoms with Crippen molar-refractivity contribution in [2.45, 2.75) is 31.7 Å². The van der Waals surface area contributed by atoms with E-state index in [1.807, 2.05) is 0 Å². The topological polar surface area (TPSA) is 86.6 Å². The highest BCUT2D eigenvalue weighted by atomic mass is 16.4. The summed E-state index contributed by atoms with van der Waals surface area (Å²) in [7, 11) is 0. The molecule has 0 aromatic heterocycles. The van der Waals surface area contributed by atoms with Gasteiger partial charge in [-0.3, -0.25) is 4.79 Å². The second-order valence-corrected chi connectivity index (χ2v) is 3.56. The first kappa shape index (κ1) is 11.0. The molecule has 1 saturated carbocycles. The summed E-state index contributed by atoms with van der Waals surface area (Å²) >= 11 is 0. The molecule has 0 bridgehead atoms. The number of carbonyl (C=O) groups excluding carboxylic acids is 1. The Morgan fingerprint density at radius 3 is 2.36 bits per heavy atom. The van der Waals surface area contributed by atoms with Crippen LogP contribution < -0.4 is 5.32 Å². The first-order valence-electron chi connectivity index (χ1n) is 4.79. The van der Waals surface area contributed by atoms with E-state index in [1.165, 1.54) is 0 Å². The molecule has 1 atom stereocenters. The molecule has 0 spiro atoms. The molecule has 0 heterocycles. The number of amides is 1. The molecule has 80 valence electrons. The van der Waals surface area contributed by atoms with Crippen LogP contribution >= 0.6 is 0 Å². The third kappa shape index (κ3) is 2.70. The van der Waals surface area contributed by atoms with E-state index < -0.39 is 18.6 Å². The van der Waals surface area contributed by atoms with E-state index in [0.717, 1.165) is 25.7 Å². The number of hydrogen-bond donors (Lipinski definition) is 3. The summed E-state index contributed by atoms with van der Waals surface area (Å²) in [6.45, 7) is -0.562. The quantitative estimate of drug-likeness (QED) is 0.584. The highest BCUT2D eigenvalue weighted by molar-refractivity contribution is 5.85. The average molecular weight is 201 g/mol. The largest absolute Gasteiger partial charge is 0.480 e. The summed E-state index contributed by atoms with van der Waals surface area (Å²) in [6, 6.07) is -1.16. The van der Waals surface area contributed by atoms with Crippen molar-refractivity contribution >= 4 is 11.9 Å². The number of aliphatic hydroxyl groups is 1. The van der Waals surface area contributed by atoms with Crippen LogP contribution in [0.2, 0.25) is 0 Å². The zero-order valence-electron chi connectivity index (χ0n) is 7.90. The molecule has 0 aromatic rings. The van der Waals surface area contributed by atoms with E-state index in [1.54, 1.807) is 0 Å². The standard InChI is InChI=1S/C9H15NO4/c11-5-7(9(13)14)10-8(12)6-3-1-2-4-6/h6-7,11H,1-5H2,(H,10,12)(H,13,14)/t7-/m0/s1. The Kier molecular flexibility index (Phi) is 3.88. The minimum Gasteiger partial charge on any atom is -0.480 e. The van der Waals surface area contributed by atoms with E-state index in [2.05, 4.69) is 5.32 Å². The molecule has 0 unspecified atom stereocenters. The summed E-state index contributed by atoms with van der Waals surface area (Å²) in [5.41, 5.74) is 0. The van der Waals surface area contributed by atoms with Crippen molar-refractivity contribution in [3.8, 4) is 0 Å². The molecule has 0 saturated heterocycles. The number of aliphatic carboxylic acids is 1. The van der Waals surface area contributed by atoms with E-state index >= 15 is 0 Å². The van der Waals surface area contributed by atoms with Gasteiger partial charge in [0, 0.05) is 5.92 Å². The second-order valence-electron chi connectivity index (χ2n) is 3.56. The number of carboxylic acid groups (broad SMARTS) is 1. The van der Waals surface area contributed by atoms with Crippen molar-refractivity contribution in [2.24, 2.45) is 5.92 Å². The monoisotopic (exact) mass is 201 g/mol. The third-order valence-corrected chi connectivity index (χ3v) is 2.52. The lowest BCUT2D eigenvalue weighted by atomic mass is 10.1. The minimum absolute atomic E-state index is 0.0663. The summed E-state index contributed by atoms with van der Waals surface area (Å²) in [6.07, 6.45) is 3.69. The molecule has 0 radical (unpaired) electrons. The predicted octanol–water partition coefficient (Wildman–Crippen LogP) is -0.262. The van der Waals surface area contributed by atoms with E-state index in [4.69, 9.17) is 10.2 Å². The van der Waals surface area contributed by atoms with Gasteiger partial charge in [0.2, 0.25) is 5.91 Å². The van der Waals surface area contributed by atoms with Gasteiger partial charge in [-0.1, -0.05) is 12.8 Å². The number of hydrogen-bond acceptors (Lipinski definition) is 3. The molecular weight excluding hydrogens is 186 g/mol. The first-order chi connectivity index (χ1) is 6.65. The Labute approximate surface area is 82.1 Å². The predicted molar refractivity (Wildman–Crippen MR) is 48.6 cm³/mol. The van der Waals surface area contributed by atoms with Gasteiger partial charge in [-0.05, 0) is 12.8 Å². The van der Waals surface area contributed by atoms with Gasteiger partial charge in [0.05, 0.1) is 6.61 Å². The van der Waals surface area contributed by atoms with Crippen molar-refractivity contribution in [3.05, 3.63) is 0 Å². The molecule has 0 aromatic carbocycles. The van der Waals surface area contributed by atoms with Crippen molar-refractivity contribution in [3.63, 3.8) is 0 Å². The van der Waals surface area contributed by atoms with E-state index in [9.17, 15) is 9.59 Å². The highest BCUT2D eigenvalue weighted by Gasteiger charge is 2.26. The number of rotatable bonds is 4. The number of carboxylic acids is 1. The summed E-state index contributed by atoms with van der Waals surface area (Å²) in [5.74, 6) is -1.51. The van der Waals surface area contributed by atoms with Crippen LogP contribution in [-0.4, -0.2) is 34.7 Å². The average Bonchev–Trinajstić information content (AvgIpc) is 2.65. The second kappa shape index (κ2) is 4.95. The molecule has 0 aliphatic heterocycles. The summed E-state index contributed by atoms with van der Waals surface area (Å²) in [5, 5.41) is 19.6. The molecule has 3 N–H and O–H groups in total. The van der Waals surface area contributed by atoms with Crippen molar-refractivity contribution in [2.75, 3.05) is 6.61 Å². The Bertz CT molecular complexity index is 223. The zero-order valence-corrected chi connectivity index (χ0v) is 7.90. The number of carbonyl (C=O) groups is 2. The Morgan fingerprint density at radius 2 is 1.93 bits per heavy atom.